The summed E-state index contributed by atoms with van der Waals surface area (Å²) in [6.07, 6.45) is 0. The Balaban J connectivity index is 2.08. The Morgan fingerprint density at radius 2 is 2.05 bits per heavy atom. The highest BCUT2D eigenvalue weighted by molar-refractivity contribution is 6.30. The number of benzene rings is 2. The molecule has 0 fully saturated rings. The van der Waals surface area contributed by atoms with E-state index in [1.54, 1.807) is 12.1 Å². The van der Waals surface area contributed by atoms with E-state index in [0.29, 0.717) is 17.1 Å². The second-order valence-corrected chi connectivity index (χ2v) is 4.98. The van der Waals surface area contributed by atoms with Gasteiger partial charge in [0.2, 0.25) is 0 Å². The number of hydrogen-bond donors (Lipinski definition) is 1. The van der Waals surface area contributed by atoms with Gasteiger partial charge in [-0.15, -0.1) is 0 Å². The first-order valence-electron chi connectivity index (χ1n) is 6.28. The van der Waals surface area contributed by atoms with Crippen molar-refractivity contribution in [1.82, 2.24) is 5.32 Å². The summed E-state index contributed by atoms with van der Waals surface area (Å²) in [6.45, 7) is 2.34. The lowest BCUT2D eigenvalue weighted by molar-refractivity contribution is 0.543. The van der Waals surface area contributed by atoms with Crippen molar-refractivity contribution < 1.29 is 4.39 Å². The Labute approximate surface area is 122 Å². The van der Waals surface area contributed by atoms with E-state index in [9.17, 15) is 4.39 Å². The molecule has 0 spiro atoms. The van der Waals surface area contributed by atoms with Gasteiger partial charge in [0, 0.05) is 23.2 Å². The molecule has 0 aromatic heterocycles. The smallest absolute Gasteiger partial charge is 0.145 e. The third-order valence-electron chi connectivity index (χ3n) is 3.15. The van der Waals surface area contributed by atoms with Crippen LogP contribution in [-0.4, -0.2) is 0 Å². The molecule has 0 aliphatic heterocycles. The zero-order chi connectivity index (χ0) is 14.5. The monoisotopic (exact) mass is 288 g/mol. The summed E-state index contributed by atoms with van der Waals surface area (Å²) in [7, 11) is 0. The van der Waals surface area contributed by atoms with Gasteiger partial charge in [0.15, 0.2) is 0 Å². The lowest BCUT2D eigenvalue weighted by Crippen LogP contribution is -2.19. The van der Waals surface area contributed by atoms with Crippen molar-refractivity contribution in [1.29, 1.82) is 5.26 Å². The van der Waals surface area contributed by atoms with Crippen LogP contribution in [0.25, 0.3) is 0 Å². The summed E-state index contributed by atoms with van der Waals surface area (Å²) in [6, 6.07) is 14.2. The Hall–Kier alpha value is -1.89. The van der Waals surface area contributed by atoms with E-state index in [2.05, 4.69) is 5.32 Å². The molecule has 4 heteroatoms. The van der Waals surface area contributed by atoms with Gasteiger partial charge in [0.1, 0.15) is 11.9 Å². The quantitative estimate of drug-likeness (QED) is 0.915. The third kappa shape index (κ3) is 3.36. The summed E-state index contributed by atoms with van der Waals surface area (Å²) in [5.74, 6) is -0.458. The average molecular weight is 289 g/mol. The van der Waals surface area contributed by atoms with Crippen LogP contribution in [0.1, 0.15) is 29.7 Å². The van der Waals surface area contributed by atoms with Crippen molar-refractivity contribution in [3.63, 3.8) is 0 Å². The van der Waals surface area contributed by atoms with Crippen LogP contribution in [-0.2, 0) is 6.54 Å². The largest absolute Gasteiger partial charge is 0.306 e. The average Bonchev–Trinajstić information content (AvgIpc) is 2.46. The van der Waals surface area contributed by atoms with E-state index >= 15 is 0 Å². The van der Waals surface area contributed by atoms with Gasteiger partial charge in [0.05, 0.1) is 5.56 Å². The van der Waals surface area contributed by atoms with Crippen LogP contribution in [0.5, 0.6) is 0 Å². The van der Waals surface area contributed by atoms with Gasteiger partial charge < -0.3 is 5.32 Å². The fourth-order valence-corrected chi connectivity index (χ4v) is 2.16. The van der Waals surface area contributed by atoms with E-state index in [4.69, 9.17) is 16.9 Å². The number of hydrogen-bond acceptors (Lipinski definition) is 2. The topological polar surface area (TPSA) is 35.8 Å². The van der Waals surface area contributed by atoms with Gasteiger partial charge in [-0.3, -0.25) is 0 Å². The molecule has 0 aliphatic rings. The van der Waals surface area contributed by atoms with Gasteiger partial charge in [0.25, 0.3) is 0 Å². The molecule has 0 radical (unpaired) electrons. The summed E-state index contributed by atoms with van der Waals surface area (Å²) >= 11 is 5.95. The Morgan fingerprint density at radius 1 is 1.30 bits per heavy atom. The number of nitrogens with one attached hydrogen (secondary N) is 1. The zero-order valence-corrected chi connectivity index (χ0v) is 11.8. The maximum atomic E-state index is 13.9. The third-order valence-corrected chi connectivity index (χ3v) is 3.38. The maximum absolute atomic E-state index is 13.9. The molecule has 0 unspecified atom stereocenters. The highest BCUT2D eigenvalue weighted by Gasteiger charge is 2.10. The SMILES string of the molecule is C[C@@H](NCc1cccc(C#N)c1F)c1cccc(Cl)c1. The first kappa shape index (κ1) is 14.5. The predicted molar refractivity (Wildman–Crippen MR) is 77.8 cm³/mol. The van der Waals surface area contributed by atoms with Crippen LogP contribution in [0.3, 0.4) is 0 Å². The van der Waals surface area contributed by atoms with E-state index in [0.717, 1.165) is 5.56 Å². The van der Waals surface area contributed by atoms with Crippen molar-refractivity contribution in [2.75, 3.05) is 0 Å². The second kappa shape index (κ2) is 6.51. The number of halogens is 2. The molecule has 20 heavy (non-hydrogen) atoms. The summed E-state index contributed by atoms with van der Waals surface area (Å²) < 4.78 is 13.9. The summed E-state index contributed by atoms with van der Waals surface area (Å²) in [5, 5.41) is 12.7. The molecular weight excluding hydrogens is 275 g/mol. The molecule has 2 aromatic carbocycles. The summed E-state index contributed by atoms with van der Waals surface area (Å²) in [5.41, 5.74) is 1.59. The molecule has 0 saturated carbocycles. The molecule has 1 atom stereocenters. The fraction of sp³-hybridized carbons (Fsp3) is 0.188. The van der Waals surface area contributed by atoms with Gasteiger partial charge in [-0.2, -0.15) is 5.26 Å². The molecule has 2 aromatic rings. The van der Waals surface area contributed by atoms with Crippen LogP contribution < -0.4 is 5.32 Å². The van der Waals surface area contributed by atoms with Crippen molar-refractivity contribution in [3.8, 4) is 6.07 Å². The van der Waals surface area contributed by atoms with E-state index in [1.807, 2.05) is 37.3 Å². The lowest BCUT2D eigenvalue weighted by Gasteiger charge is -2.15. The second-order valence-electron chi connectivity index (χ2n) is 4.55. The van der Waals surface area contributed by atoms with Crippen molar-refractivity contribution >= 4 is 11.6 Å². The van der Waals surface area contributed by atoms with Gasteiger partial charge in [-0.1, -0.05) is 35.9 Å². The molecule has 2 nitrogen and oxygen atoms in total. The molecule has 0 amide bonds. The highest BCUT2D eigenvalue weighted by atomic mass is 35.5. The molecule has 1 N–H and O–H groups in total. The molecule has 0 aliphatic carbocycles. The normalized spacial score (nSPS) is 11.9. The number of rotatable bonds is 4. The minimum Gasteiger partial charge on any atom is -0.306 e. The van der Waals surface area contributed by atoms with Crippen molar-refractivity contribution in [2.45, 2.75) is 19.5 Å². The fourth-order valence-electron chi connectivity index (χ4n) is 1.96. The standard InChI is InChI=1S/C16H14ClFN2/c1-11(12-4-3-7-15(17)8-12)20-10-14-6-2-5-13(9-19)16(14)18/h2-8,11,20H,10H2,1H3/t11-/m1/s1. The Bertz CT molecular complexity index is 649. The zero-order valence-electron chi connectivity index (χ0n) is 11.0. The van der Waals surface area contributed by atoms with Crippen LogP contribution >= 0.6 is 11.6 Å². The summed E-state index contributed by atoms with van der Waals surface area (Å²) in [4.78, 5) is 0. The minimum absolute atomic E-state index is 0.0406. The molecule has 0 saturated heterocycles. The molecule has 0 bridgehead atoms. The molecule has 0 heterocycles. The molecule has 102 valence electrons. The Morgan fingerprint density at radius 3 is 2.75 bits per heavy atom. The Kier molecular flexibility index (Phi) is 4.73. The van der Waals surface area contributed by atoms with Gasteiger partial charge in [-0.05, 0) is 30.7 Å². The molecular formula is C16H14ClFN2. The van der Waals surface area contributed by atoms with E-state index < -0.39 is 5.82 Å². The van der Waals surface area contributed by atoms with E-state index in [-0.39, 0.29) is 11.6 Å². The van der Waals surface area contributed by atoms with E-state index in [1.165, 1.54) is 6.07 Å². The van der Waals surface area contributed by atoms with Gasteiger partial charge in [-0.25, -0.2) is 4.39 Å². The van der Waals surface area contributed by atoms with Crippen LogP contribution in [0.4, 0.5) is 4.39 Å². The van der Waals surface area contributed by atoms with Crippen LogP contribution in [0, 0.1) is 17.1 Å². The van der Waals surface area contributed by atoms with Crippen LogP contribution in [0.2, 0.25) is 5.02 Å². The van der Waals surface area contributed by atoms with Gasteiger partial charge >= 0.3 is 0 Å². The molecule has 2 rings (SSSR count). The lowest BCUT2D eigenvalue weighted by atomic mass is 10.1. The maximum Gasteiger partial charge on any atom is 0.145 e. The first-order valence-corrected chi connectivity index (χ1v) is 6.66. The first-order chi connectivity index (χ1) is 9.61. The highest BCUT2D eigenvalue weighted by Crippen LogP contribution is 2.18. The predicted octanol–water partition coefficient (Wildman–Crippen LogP) is 4.20. The minimum atomic E-state index is -0.458. The number of nitriles is 1. The van der Waals surface area contributed by atoms with Crippen molar-refractivity contribution in [3.05, 3.63) is 70.0 Å². The van der Waals surface area contributed by atoms with Crippen LogP contribution in [0.15, 0.2) is 42.5 Å². The number of nitrogens with zero attached hydrogens (tertiary/aromatic N) is 1. The van der Waals surface area contributed by atoms with Crippen molar-refractivity contribution in [2.24, 2.45) is 0 Å².